The van der Waals surface area contributed by atoms with Crippen molar-refractivity contribution >= 4 is 0 Å². The van der Waals surface area contributed by atoms with Gasteiger partial charge in [-0.05, 0) is 11.1 Å². The average molecular weight is 269 g/mol. The monoisotopic (exact) mass is 269 g/mol. The maximum absolute atomic E-state index is 5.87. The van der Waals surface area contributed by atoms with Crippen molar-refractivity contribution in [2.75, 3.05) is 6.61 Å². The molecule has 0 spiro atoms. The lowest BCUT2D eigenvalue weighted by Crippen LogP contribution is -2.31. The Morgan fingerprint density at radius 3 is 2.10 bits per heavy atom. The van der Waals surface area contributed by atoms with E-state index in [0.29, 0.717) is 19.3 Å². The fourth-order valence-corrected chi connectivity index (χ4v) is 2.20. The van der Waals surface area contributed by atoms with E-state index >= 15 is 0 Å². The summed E-state index contributed by atoms with van der Waals surface area (Å²) in [5, 5.41) is 3.56. The van der Waals surface area contributed by atoms with Crippen LogP contribution in [0.25, 0.3) is 0 Å². The lowest BCUT2D eigenvalue weighted by Gasteiger charge is -2.21. The molecule has 0 aliphatic heterocycles. The highest BCUT2D eigenvalue weighted by atomic mass is 16.5. The van der Waals surface area contributed by atoms with Crippen molar-refractivity contribution < 1.29 is 4.74 Å². The molecule has 106 valence electrons. The molecule has 0 unspecified atom stereocenters. The summed E-state index contributed by atoms with van der Waals surface area (Å²) >= 11 is 0. The predicted molar refractivity (Wildman–Crippen MR) is 83.6 cm³/mol. The quantitative estimate of drug-likeness (QED) is 0.822. The maximum atomic E-state index is 5.87. The van der Waals surface area contributed by atoms with Crippen LogP contribution in [-0.4, -0.2) is 12.6 Å². The molecule has 0 saturated carbocycles. The largest absolute Gasteiger partial charge is 0.375 e. The molecule has 2 heteroatoms. The second-order valence-corrected chi connectivity index (χ2v) is 5.29. The van der Waals surface area contributed by atoms with Crippen LogP contribution < -0.4 is 5.32 Å². The smallest absolute Gasteiger partial charge is 0.0717 e. The summed E-state index contributed by atoms with van der Waals surface area (Å²) in [4.78, 5) is 0. The molecule has 1 N–H and O–H groups in total. The van der Waals surface area contributed by atoms with Gasteiger partial charge in [0.05, 0.1) is 19.3 Å². The zero-order chi connectivity index (χ0) is 14.2. The minimum atomic E-state index is 0.236. The molecule has 0 aliphatic rings. The van der Waals surface area contributed by atoms with Crippen LogP contribution in [0.3, 0.4) is 0 Å². The Morgan fingerprint density at radius 2 is 1.50 bits per heavy atom. The van der Waals surface area contributed by atoms with Gasteiger partial charge in [-0.25, -0.2) is 0 Å². The van der Waals surface area contributed by atoms with E-state index in [0.717, 1.165) is 0 Å². The topological polar surface area (TPSA) is 21.3 Å². The van der Waals surface area contributed by atoms with Crippen molar-refractivity contribution in [1.82, 2.24) is 5.32 Å². The van der Waals surface area contributed by atoms with E-state index in [1.807, 2.05) is 24.3 Å². The van der Waals surface area contributed by atoms with Crippen LogP contribution in [0.1, 0.15) is 31.0 Å². The standard InChI is InChI=1S/C18H23NO/c1-15(2)19-18(17-11-7-4-8-12-17)14-20-13-16-9-5-3-6-10-16/h3-12,15,18-19H,13-14H2,1-2H3/t18-/m1/s1. The van der Waals surface area contributed by atoms with Crippen molar-refractivity contribution in [3.05, 3.63) is 71.8 Å². The molecule has 1 atom stereocenters. The van der Waals surface area contributed by atoms with Gasteiger partial charge in [0.1, 0.15) is 0 Å². The Balaban J connectivity index is 1.91. The Hall–Kier alpha value is -1.64. The van der Waals surface area contributed by atoms with E-state index in [-0.39, 0.29) is 6.04 Å². The van der Waals surface area contributed by atoms with Crippen LogP contribution in [0, 0.1) is 0 Å². The first-order valence-corrected chi connectivity index (χ1v) is 7.18. The van der Waals surface area contributed by atoms with Gasteiger partial charge in [-0.15, -0.1) is 0 Å². The molecule has 0 saturated heterocycles. The molecule has 2 nitrogen and oxygen atoms in total. The van der Waals surface area contributed by atoms with Gasteiger partial charge in [0.2, 0.25) is 0 Å². The molecular weight excluding hydrogens is 246 g/mol. The molecule has 0 amide bonds. The van der Waals surface area contributed by atoms with Crippen molar-refractivity contribution in [1.29, 1.82) is 0 Å². The molecule has 0 bridgehead atoms. The lowest BCUT2D eigenvalue weighted by atomic mass is 10.1. The fraction of sp³-hybridized carbons (Fsp3) is 0.333. The van der Waals surface area contributed by atoms with Gasteiger partial charge in [0.25, 0.3) is 0 Å². The zero-order valence-electron chi connectivity index (χ0n) is 12.3. The Kier molecular flexibility index (Phi) is 5.78. The van der Waals surface area contributed by atoms with Gasteiger partial charge in [0, 0.05) is 6.04 Å². The summed E-state index contributed by atoms with van der Waals surface area (Å²) in [6.07, 6.45) is 0. The van der Waals surface area contributed by atoms with E-state index in [9.17, 15) is 0 Å². The summed E-state index contributed by atoms with van der Waals surface area (Å²) in [6.45, 7) is 5.65. The molecule has 0 aromatic heterocycles. The molecule has 0 aliphatic carbocycles. The molecule has 2 rings (SSSR count). The molecular formula is C18H23NO. The van der Waals surface area contributed by atoms with E-state index in [4.69, 9.17) is 4.74 Å². The number of nitrogens with one attached hydrogen (secondary N) is 1. The van der Waals surface area contributed by atoms with Gasteiger partial charge >= 0.3 is 0 Å². The maximum Gasteiger partial charge on any atom is 0.0717 e. The number of rotatable bonds is 7. The van der Waals surface area contributed by atoms with Crippen molar-refractivity contribution in [2.24, 2.45) is 0 Å². The summed E-state index contributed by atoms with van der Waals surface area (Å²) in [5.74, 6) is 0. The fourth-order valence-electron chi connectivity index (χ4n) is 2.20. The minimum Gasteiger partial charge on any atom is -0.375 e. The third kappa shape index (κ3) is 4.80. The zero-order valence-corrected chi connectivity index (χ0v) is 12.3. The van der Waals surface area contributed by atoms with Crippen molar-refractivity contribution in [3.63, 3.8) is 0 Å². The molecule has 0 heterocycles. The highest BCUT2D eigenvalue weighted by Crippen LogP contribution is 2.14. The Bertz CT molecular complexity index is 481. The van der Waals surface area contributed by atoms with Crippen LogP contribution in [0.5, 0.6) is 0 Å². The molecule has 2 aromatic rings. The van der Waals surface area contributed by atoms with Gasteiger partial charge in [0.15, 0.2) is 0 Å². The first-order valence-electron chi connectivity index (χ1n) is 7.18. The third-order valence-corrected chi connectivity index (χ3v) is 3.13. The summed E-state index contributed by atoms with van der Waals surface area (Å²) < 4.78 is 5.87. The molecule has 20 heavy (non-hydrogen) atoms. The van der Waals surface area contributed by atoms with E-state index in [1.165, 1.54) is 11.1 Å². The van der Waals surface area contributed by atoms with Crippen LogP contribution in [-0.2, 0) is 11.3 Å². The highest BCUT2D eigenvalue weighted by Gasteiger charge is 2.12. The van der Waals surface area contributed by atoms with Crippen molar-refractivity contribution in [2.45, 2.75) is 32.5 Å². The van der Waals surface area contributed by atoms with E-state index < -0.39 is 0 Å². The normalized spacial score (nSPS) is 12.6. The van der Waals surface area contributed by atoms with Crippen LogP contribution >= 0.6 is 0 Å². The SMILES string of the molecule is CC(C)N[C@H](COCc1ccccc1)c1ccccc1. The Labute approximate surface area is 121 Å². The number of benzene rings is 2. The number of ether oxygens (including phenoxy) is 1. The molecule has 2 aromatic carbocycles. The molecule has 0 fully saturated rings. The van der Waals surface area contributed by atoms with Gasteiger partial charge in [-0.3, -0.25) is 0 Å². The number of hydrogen-bond donors (Lipinski definition) is 1. The second kappa shape index (κ2) is 7.83. The minimum absolute atomic E-state index is 0.236. The van der Waals surface area contributed by atoms with Gasteiger partial charge in [-0.1, -0.05) is 74.5 Å². The number of hydrogen-bond acceptors (Lipinski definition) is 2. The van der Waals surface area contributed by atoms with Crippen LogP contribution in [0.4, 0.5) is 0 Å². The average Bonchev–Trinajstić information content (AvgIpc) is 2.48. The van der Waals surface area contributed by atoms with Crippen LogP contribution in [0.15, 0.2) is 60.7 Å². The van der Waals surface area contributed by atoms with Crippen molar-refractivity contribution in [3.8, 4) is 0 Å². The highest BCUT2D eigenvalue weighted by molar-refractivity contribution is 5.19. The first-order chi connectivity index (χ1) is 9.75. The van der Waals surface area contributed by atoms with E-state index in [2.05, 4.69) is 55.6 Å². The molecule has 0 radical (unpaired) electrons. The second-order valence-electron chi connectivity index (χ2n) is 5.29. The Morgan fingerprint density at radius 1 is 0.900 bits per heavy atom. The van der Waals surface area contributed by atoms with Crippen LogP contribution in [0.2, 0.25) is 0 Å². The van der Waals surface area contributed by atoms with Gasteiger partial charge in [-0.2, -0.15) is 0 Å². The summed E-state index contributed by atoms with van der Waals surface area (Å²) in [7, 11) is 0. The van der Waals surface area contributed by atoms with Gasteiger partial charge < -0.3 is 10.1 Å². The predicted octanol–water partition coefficient (Wildman–Crippen LogP) is 3.94. The summed E-state index contributed by atoms with van der Waals surface area (Å²) in [6, 6.07) is 21.4. The first kappa shape index (κ1) is 14.8. The third-order valence-electron chi connectivity index (χ3n) is 3.13. The van der Waals surface area contributed by atoms with E-state index in [1.54, 1.807) is 0 Å². The lowest BCUT2D eigenvalue weighted by molar-refractivity contribution is 0.0962. The summed E-state index contributed by atoms with van der Waals surface area (Å²) in [5.41, 5.74) is 2.48.